The second-order valence-corrected chi connectivity index (χ2v) is 10.3. The number of benzene rings is 2. The lowest BCUT2D eigenvalue weighted by atomic mass is 9.98. The number of methoxy groups -OCH3 is 2. The minimum Gasteiger partial charge on any atom is -0.493 e. The van der Waals surface area contributed by atoms with Crippen LogP contribution in [0.2, 0.25) is 5.02 Å². The van der Waals surface area contributed by atoms with E-state index in [-0.39, 0.29) is 13.4 Å². The largest absolute Gasteiger partial charge is 0.493 e. The molecule has 3 heterocycles. The highest BCUT2D eigenvalue weighted by Gasteiger charge is 2.26. The van der Waals surface area contributed by atoms with Gasteiger partial charge in [-0.25, -0.2) is 9.97 Å². The van der Waals surface area contributed by atoms with E-state index in [2.05, 4.69) is 32.0 Å². The quantitative estimate of drug-likeness (QED) is 0.245. The summed E-state index contributed by atoms with van der Waals surface area (Å²) in [6, 6.07) is 5.47. The lowest BCUT2D eigenvalue weighted by Gasteiger charge is -2.30. The first-order valence-electron chi connectivity index (χ1n) is 13.8. The summed E-state index contributed by atoms with van der Waals surface area (Å²) in [5, 5.41) is 13.8. The van der Waals surface area contributed by atoms with E-state index in [1.807, 2.05) is 12.1 Å². The van der Waals surface area contributed by atoms with Crippen molar-refractivity contribution in [1.29, 1.82) is 0 Å². The maximum absolute atomic E-state index is 9.34. The van der Waals surface area contributed by atoms with E-state index in [0.717, 1.165) is 44.3 Å². The summed E-state index contributed by atoms with van der Waals surface area (Å²) >= 11 is 6.69. The van der Waals surface area contributed by atoms with Crippen LogP contribution in [-0.4, -0.2) is 80.4 Å². The number of hydrogen-bond acceptors (Lipinski definition) is 10. The molecule has 2 aromatic carbocycles. The number of aliphatic hydroxyl groups excluding tert-OH is 1. The van der Waals surface area contributed by atoms with Crippen LogP contribution in [0.15, 0.2) is 24.5 Å². The molecule has 0 radical (unpaired) electrons. The van der Waals surface area contributed by atoms with Crippen molar-refractivity contribution in [1.82, 2.24) is 14.9 Å². The first-order valence-corrected chi connectivity index (χ1v) is 14.1. The normalized spacial score (nSPS) is 15.0. The zero-order valence-corrected chi connectivity index (χ0v) is 24.1. The molecule has 0 spiro atoms. The predicted octanol–water partition coefficient (Wildman–Crippen LogP) is 4.63. The molecule has 0 atom stereocenters. The third-order valence-corrected chi connectivity index (χ3v) is 7.55. The molecule has 0 bridgehead atoms. The molecule has 5 rings (SSSR count). The fourth-order valence-electron chi connectivity index (χ4n) is 4.97. The number of rotatable bonds is 11. The zero-order chi connectivity index (χ0) is 28.6. The number of hydrogen-bond donors (Lipinski definition) is 2. The van der Waals surface area contributed by atoms with Crippen LogP contribution in [-0.2, 0) is 4.74 Å². The highest BCUT2D eigenvalue weighted by atomic mass is 35.5. The summed E-state index contributed by atoms with van der Waals surface area (Å²) in [5.41, 5.74) is 1.87. The molecule has 11 heteroatoms. The molecular weight excluding hydrogens is 548 g/mol. The minimum absolute atomic E-state index is 0.0666. The number of nitrogens with one attached hydrogen (secondary N) is 1. The Hall–Kier alpha value is -3.49. The summed E-state index contributed by atoms with van der Waals surface area (Å²) < 4.78 is 28.3. The van der Waals surface area contributed by atoms with Crippen LogP contribution in [0.25, 0.3) is 10.9 Å². The van der Waals surface area contributed by atoms with Crippen LogP contribution in [0.5, 0.6) is 23.0 Å². The second-order valence-electron chi connectivity index (χ2n) is 9.93. The molecule has 218 valence electrons. The van der Waals surface area contributed by atoms with Crippen molar-refractivity contribution in [3.8, 4) is 34.8 Å². The molecular formula is C30H35ClN4O6. The summed E-state index contributed by atoms with van der Waals surface area (Å²) in [7, 11) is 3.25. The Morgan fingerprint density at radius 2 is 1.93 bits per heavy atom. The van der Waals surface area contributed by atoms with Crippen LogP contribution >= 0.6 is 11.6 Å². The fourth-order valence-corrected chi connectivity index (χ4v) is 5.22. The average molecular weight is 583 g/mol. The Morgan fingerprint density at radius 3 is 2.71 bits per heavy atom. The Balaban J connectivity index is 1.31. The number of likely N-dealkylation sites (tertiary alicyclic amines) is 1. The maximum atomic E-state index is 9.34. The Kier molecular flexibility index (Phi) is 9.85. The van der Waals surface area contributed by atoms with Crippen LogP contribution in [0.3, 0.4) is 0 Å². The van der Waals surface area contributed by atoms with Gasteiger partial charge in [0.25, 0.3) is 0 Å². The highest BCUT2D eigenvalue weighted by molar-refractivity contribution is 6.34. The lowest BCUT2D eigenvalue weighted by molar-refractivity contribution is 0.126. The number of aromatic nitrogens is 2. The van der Waals surface area contributed by atoms with Gasteiger partial charge in [-0.15, -0.1) is 0 Å². The second kappa shape index (κ2) is 13.9. The minimum atomic E-state index is 0.0666. The van der Waals surface area contributed by atoms with Crippen molar-refractivity contribution in [2.45, 2.75) is 25.7 Å². The summed E-state index contributed by atoms with van der Waals surface area (Å²) in [4.78, 5) is 11.4. The molecule has 2 aliphatic rings. The van der Waals surface area contributed by atoms with Gasteiger partial charge in [0.05, 0.1) is 36.4 Å². The first kappa shape index (κ1) is 29.0. The monoisotopic (exact) mass is 582 g/mol. The fraction of sp³-hybridized carbons (Fsp3) is 0.467. The number of halogens is 1. The maximum Gasteiger partial charge on any atom is 0.231 e. The number of fused-ring (bicyclic) bond motifs is 2. The molecule has 0 saturated carbocycles. The van der Waals surface area contributed by atoms with Gasteiger partial charge in [-0.05, 0) is 50.4 Å². The molecule has 41 heavy (non-hydrogen) atoms. The van der Waals surface area contributed by atoms with Crippen molar-refractivity contribution in [3.63, 3.8) is 0 Å². The highest BCUT2D eigenvalue weighted by Crippen LogP contribution is 2.47. The topological polar surface area (TPSA) is 107 Å². The van der Waals surface area contributed by atoms with Crippen molar-refractivity contribution < 1.29 is 28.8 Å². The SMILES string of the molecule is COCCC#Cc1cc(Cl)c(Nc2ncnc3cc(OCCCN4CCC(CO)CC4)c(OC)cc23)c2c1OCO2. The summed E-state index contributed by atoms with van der Waals surface area (Å²) in [6.07, 6.45) is 5.06. The van der Waals surface area contributed by atoms with Crippen LogP contribution in [0, 0.1) is 17.8 Å². The van der Waals surface area contributed by atoms with Gasteiger partial charge in [0, 0.05) is 38.1 Å². The third kappa shape index (κ3) is 6.88. The molecule has 3 aromatic rings. The Bertz CT molecular complexity index is 1420. The van der Waals surface area contributed by atoms with Gasteiger partial charge in [0.15, 0.2) is 23.0 Å². The first-order chi connectivity index (χ1) is 20.1. The summed E-state index contributed by atoms with van der Waals surface area (Å²) in [6.45, 7) is 4.45. The molecule has 2 aliphatic heterocycles. The summed E-state index contributed by atoms with van der Waals surface area (Å²) in [5.74, 6) is 9.34. The smallest absolute Gasteiger partial charge is 0.231 e. The van der Waals surface area contributed by atoms with E-state index in [1.165, 1.54) is 6.33 Å². The Morgan fingerprint density at radius 1 is 1.10 bits per heavy atom. The van der Waals surface area contributed by atoms with E-state index in [1.54, 1.807) is 20.3 Å². The number of ether oxygens (including phenoxy) is 5. The van der Waals surface area contributed by atoms with Crippen molar-refractivity contribution in [2.24, 2.45) is 5.92 Å². The Labute approximate surface area is 244 Å². The van der Waals surface area contributed by atoms with Crippen LogP contribution in [0.4, 0.5) is 11.5 Å². The molecule has 0 aliphatic carbocycles. The van der Waals surface area contributed by atoms with Gasteiger partial charge in [-0.3, -0.25) is 0 Å². The van der Waals surface area contributed by atoms with E-state index in [4.69, 9.17) is 35.3 Å². The number of piperidine rings is 1. The van der Waals surface area contributed by atoms with E-state index >= 15 is 0 Å². The van der Waals surface area contributed by atoms with Gasteiger partial charge >= 0.3 is 0 Å². The molecule has 1 fully saturated rings. The molecule has 0 amide bonds. The zero-order valence-electron chi connectivity index (χ0n) is 23.4. The van der Waals surface area contributed by atoms with Crippen molar-refractivity contribution in [2.75, 3.05) is 65.8 Å². The standard InChI is InChI=1S/C30H35ClN4O6/c1-37-12-4-3-6-21-14-23(31)27(29-28(21)40-19-41-29)34-30-22-15-25(38-2)26(16-24(22)32-18-33-30)39-13-5-9-35-10-7-20(17-36)8-11-35/h14-16,18,20,36H,4-5,7-13,17,19H2,1-2H3,(H,32,33,34). The van der Waals surface area contributed by atoms with Gasteiger partial charge in [0.2, 0.25) is 6.79 Å². The van der Waals surface area contributed by atoms with E-state index in [9.17, 15) is 5.11 Å². The van der Waals surface area contributed by atoms with Gasteiger partial charge in [-0.1, -0.05) is 23.4 Å². The molecule has 10 nitrogen and oxygen atoms in total. The number of aliphatic hydroxyl groups is 1. The molecule has 1 saturated heterocycles. The van der Waals surface area contributed by atoms with Crippen molar-refractivity contribution >= 4 is 34.0 Å². The van der Waals surface area contributed by atoms with Gasteiger partial charge in [-0.2, -0.15) is 0 Å². The average Bonchev–Trinajstić information content (AvgIpc) is 3.49. The van der Waals surface area contributed by atoms with Gasteiger partial charge in [0.1, 0.15) is 17.8 Å². The molecule has 2 N–H and O–H groups in total. The van der Waals surface area contributed by atoms with E-state index in [0.29, 0.717) is 76.2 Å². The van der Waals surface area contributed by atoms with Gasteiger partial charge < -0.3 is 39.0 Å². The van der Waals surface area contributed by atoms with Crippen LogP contribution < -0.4 is 24.3 Å². The predicted molar refractivity (Wildman–Crippen MR) is 157 cm³/mol. The number of anilines is 2. The molecule has 0 unspecified atom stereocenters. The lowest BCUT2D eigenvalue weighted by Crippen LogP contribution is -2.35. The number of nitrogens with zero attached hydrogens (tertiary/aromatic N) is 3. The third-order valence-electron chi connectivity index (χ3n) is 7.25. The van der Waals surface area contributed by atoms with Crippen LogP contribution in [0.1, 0.15) is 31.2 Å². The van der Waals surface area contributed by atoms with Crippen molar-refractivity contribution in [3.05, 3.63) is 35.1 Å². The van der Waals surface area contributed by atoms with E-state index < -0.39 is 0 Å². The molecule has 1 aromatic heterocycles.